The topological polar surface area (TPSA) is 123 Å². The Hall–Kier alpha value is -3.43. The van der Waals surface area contributed by atoms with Gasteiger partial charge in [-0.15, -0.1) is 0 Å². The molecule has 4 N–H and O–H groups in total. The lowest BCUT2D eigenvalue weighted by atomic mass is 10.1. The number of fused-ring (bicyclic) bond motifs is 1. The van der Waals surface area contributed by atoms with Gasteiger partial charge >= 0.3 is 0 Å². The smallest absolute Gasteiger partial charge is 0.238 e. The molecule has 148 valence electrons. The molecule has 0 radical (unpaired) electrons. The molecule has 29 heavy (non-hydrogen) atoms. The Morgan fingerprint density at radius 1 is 1.03 bits per heavy atom. The number of imidazole rings is 1. The van der Waals surface area contributed by atoms with E-state index >= 15 is 0 Å². The molecule has 8 nitrogen and oxygen atoms in total. The molecule has 0 saturated heterocycles. The Morgan fingerprint density at radius 3 is 2.38 bits per heavy atom. The number of phenols is 1. The van der Waals surface area contributed by atoms with Crippen LogP contribution in [-0.2, 0) is 16.6 Å². The molecule has 0 spiro atoms. The first-order chi connectivity index (χ1) is 13.8. The summed E-state index contributed by atoms with van der Waals surface area (Å²) in [5, 5.41) is 17.9. The van der Waals surface area contributed by atoms with Gasteiger partial charge in [-0.25, -0.2) is 23.5 Å². The zero-order valence-corrected chi connectivity index (χ0v) is 16.4. The number of hydrogen-bond acceptors (Lipinski definition) is 6. The zero-order valence-electron chi connectivity index (χ0n) is 15.6. The van der Waals surface area contributed by atoms with Crippen LogP contribution >= 0.6 is 0 Å². The van der Waals surface area contributed by atoms with E-state index in [9.17, 15) is 13.5 Å². The number of nitrogens with one attached hydrogen (secondary N) is 1. The minimum atomic E-state index is -3.71. The van der Waals surface area contributed by atoms with Gasteiger partial charge in [0.25, 0.3) is 0 Å². The molecule has 0 saturated carbocycles. The molecule has 2 aromatic heterocycles. The van der Waals surface area contributed by atoms with E-state index in [1.54, 1.807) is 36.7 Å². The lowest BCUT2D eigenvalue weighted by Crippen LogP contribution is -2.12. The van der Waals surface area contributed by atoms with E-state index in [1.165, 1.54) is 12.1 Å². The summed E-state index contributed by atoms with van der Waals surface area (Å²) in [5.41, 5.74) is 4.29. The highest BCUT2D eigenvalue weighted by molar-refractivity contribution is 7.89. The first-order valence-electron chi connectivity index (χ1n) is 8.81. The Labute approximate surface area is 167 Å². The third-order valence-corrected chi connectivity index (χ3v) is 5.51. The first-order valence-corrected chi connectivity index (χ1v) is 10.4. The van der Waals surface area contributed by atoms with Crippen molar-refractivity contribution in [1.82, 2.24) is 14.4 Å². The summed E-state index contributed by atoms with van der Waals surface area (Å²) in [4.78, 5) is 9.04. The Kier molecular flexibility index (Phi) is 4.69. The average molecular weight is 409 g/mol. The predicted molar refractivity (Wildman–Crippen MR) is 110 cm³/mol. The van der Waals surface area contributed by atoms with Gasteiger partial charge in [0, 0.05) is 24.0 Å². The summed E-state index contributed by atoms with van der Waals surface area (Å²) in [5.74, 6) is 0.813. The summed E-state index contributed by atoms with van der Waals surface area (Å²) < 4.78 is 24.7. The Bertz CT molecular complexity index is 1280. The number of nitrogens with zero attached hydrogens (tertiary/aromatic N) is 3. The summed E-state index contributed by atoms with van der Waals surface area (Å²) in [6, 6.07) is 13.3. The van der Waals surface area contributed by atoms with E-state index in [0.29, 0.717) is 18.0 Å². The van der Waals surface area contributed by atoms with E-state index < -0.39 is 10.0 Å². The summed E-state index contributed by atoms with van der Waals surface area (Å²) in [7, 11) is -3.71. The van der Waals surface area contributed by atoms with Gasteiger partial charge in [-0.05, 0) is 48.9 Å². The molecule has 0 aliphatic heterocycles. The number of rotatable bonds is 5. The van der Waals surface area contributed by atoms with Crippen LogP contribution in [0.1, 0.15) is 11.3 Å². The van der Waals surface area contributed by atoms with Crippen molar-refractivity contribution in [2.75, 3.05) is 5.32 Å². The van der Waals surface area contributed by atoms with Crippen molar-refractivity contribution in [2.24, 2.45) is 5.14 Å². The molecule has 4 aromatic rings. The predicted octanol–water partition coefficient (Wildman–Crippen LogP) is 2.67. The molecule has 0 aliphatic carbocycles. The van der Waals surface area contributed by atoms with Crippen LogP contribution in [0.2, 0.25) is 0 Å². The van der Waals surface area contributed by atoms with Gasteiger partial charge in [0.05, 0.1) is 16.8 Å². The Balaban J connectivity index is 1.63. The fourth-order valence-corrected chi connectivity index (χ4v) is 3.61. The minimum absolute atomic E-state index is 0.0731. The van der Waals surface area contributed by atoms with Crippen LogP contribution in [0.4, 0.5) is 5.82 Å². The van der Waals surface area contributed by atoms with Gasteiger partial charge in [-0.2, -0.15) is 0 Å². The number of aromatic hydroxyl groups is 1. The van der Waals surface area contributed by atoms with Crippen molar-refractivity contribution in [3.8, 4) is 17.0 Å². The number of aryl methyl sites for hydroxylation is 1. The number of aromatic nitrogens is 3. The van der Waals surface area contributed by atoms with Gasteiger partial charge < -0.3 is 10.4 Å². The zero-order chi connectivity index (χ0) is 20.6. The SMILES string of the molecule is Cc1cnc(NCc2ccc(S(N)(=O)=O)cc2)c2ncc(-c3ccc(O)cc3)n12. The number of sulfonamides is 1. The van der Waals surface area contributed by atoms with Crippen molar-refractivity contribution in [1.29, 1.82) is 0 Å². The summed E-state index contributed by atoms with van der Waals surface area (Å²) in [6.07, 6.45) is 3.52. The highest BCUT2D eigenvalue weighted by Gasteiger charge is 2.13. The van der Waals surface area contributed by atoms with E-state index in [4.69, 9.17) is 5.14 Å². The molecule has 2 aromatic carbocycles. The second kappa shape index (κ2) is 7.19. The third kappa shape index (κ3) is 3.78. The quantitative estimate of drug-likeness (QED) is 0.466. The van der Waals surface area contributed by atoms with Gasteiger partial charge in [-0.1, -0.05) is 12.1 Å². The number of primary sulfonamides is 1. The number of anilines is 1. The molecule has 0 amide bonds. The second-order valence-corrected chi connectivity index (χ2v) is 8.20. The summed E-state index contributed by atoms with van der Waals surface area (Å²) in [6.45, 7) is 2.39. The number of hydrogen-bond donors (Lipinski definition) is 3. The van der Waals surface area contributed by atoms with Gasteiger partial charge in [0.2, 0.25) is 10.0 Å². The normalized spacial score (nSPS) is 11.7. The average Bonchev–Trinajstić information content (AvgIpc) is 3.14. The minimum Gasteiger partial charge on any atom is -0.508 e. The van der Waals surface area contributed by atoms with Crippen LogP contribution in [0.15, 0.2) is 65.8 Å². The molecule has 4 rings (SSSR count). The molecule has 2 heterocycles. The maximum absolute atomic E-state index is 11.4. The fraction of sp³-hybridized carbons (Fsp3) is 0.100. The molecule has 9 heteroatoms. The number of nitrogens with two attached hydrogens (primary N) is 1. The number of phenolic OH excluding ortho intramolecular Hbond substituents is 1. The third-order valence-electron chi connectivity index (χ3n) is 4.58. The monoisotopic (exact) mass is 409 g/mol. The van der Waals surface area contributed by atoms with Gasteiger partial charge in [0.15, 0.2) is 11.5 Å². The largest absolute Gasteiger partial charge is 0.508 e. The van der Waals surface area contributed by atoms with Gasteiger partial charge in [-0.3, -0.25) is 4.40 Å². The van der Waals surface area contributed by atoms with Crippen molar-refractivity contribution < 1.29 is 13.5 Å². The molecule has 0 bridgehead atoms. The first kappa shape index (κ1) is 18.9. The van der Waals surface area contributed by atoms with E-state index in [2.05, 4.69) is 15.3 Å². The lowest BCUT2D eigenvalue weighted by molar-refractivity contribution is 0.475. The van der Waals surface area contributed by atoms with Crippen LogP contribution in [0.3, 0.4) is 0 Å². The van der Waals surface area contributed by atoms with Crippen LogP contribution in [0.5, 0.6) is 5.75 Å². The fourth-order valence-electron chi connectivity index (χ4n) is 3.09. The van der Waals surface area contributed by atoms with Crippen molar-refractivity contribution >= 4 is 21.5 Å². The Morgan fingerprint density at radius 2 is 1.72 bits per heavy atom. The molecular formula is C20H19N5O3S. The van der Waals surface area contributed by atoms with Crippen molar-refractivity contribution in [3.63, 3.8) is 0 Å². The van der Waals surface area contributed by atoms with Crippen LogP contribution < -0.4 is 10.5 Å². The molecule has 0 fully saturated rings. The molecule has 0 unspecified atom stereocenters. The van der Waals surface area contributed by atoms with E-state index in [0.717, 1.165) is 22.5 Å². The highest BCUT2D eigenvalue weighted by Crippen LogP contribution is 2.26. The summed E-state index contributed by atoms with van der Waals surface area (Å²) >= 11 is 0. The van der Waals surface area contributed by atoms with Crippen molar-refractivity contribution in [3.05, 3.63) is 72.2 Å². The second-order valence-electron chi connectivity index (χ2n) is 6.64. The van der Waals surface area contributed by atoms with E-state index in [1.807, 2.05) is 23.5 Å². The number of benzene rings is 2. The molecular weight excluding hydrogens is 390 g/mol. The van der Waals surface area contributed by atoms with Crippen LogP contribution in [-0.4, -0.2) is 27.9 Å². The van der Waals surface area contributed by atoms with Crippen molar-refractivity contribution in [2.45, 2.75) is 18.4 Å². The van der Waals surface area contributed by atoms with Crippen LogP contribution in [0, 0.1) is 6.92 Å². The van der Waals surface area contributed by atoms with Crippen LogP contribution in [0.25, 0.3) is 16.9 Å². The highest BCUT2D eigenvalue weighted by atomic mass is 32.2. The maximum Gasteiger partial charge on any atom is 0.238 e. The van der Waals surface area contributed by atoms with Gasteiger partial charge in [0.1, 0.15) is 5.75 Å². The van der Waals surface area contributed by atoms with E-state index in [-0.39, 0.29) is 10.6 Å². The molecule has 0 atom stereocenters. The molecule has 0 aliphatic rings. The lowest BCUT2D eigenvalue weighted by Gasteiger charge is -2.11. The maximum atomic E-state index is 11.4. The standard InChI is InChI=1S/C20H19N5O3S/c1-13-10-22-19(23-11-14-2-8-17(9-3-14)29(21,27)28)20-24-12-18(25(13)20)15-4-6-16(26)7-5-15/h2-10,12,26H,11H2,1H3,(H,22,23)(H2,21,27,28).